The van der Waals surface area contributed by atoms with Gasteiger partial charge in [-0.25, -0.2) is 9.78 Å². The minimum Gasteiger partial charge on any atom is -0.465 e. The number of amides is 1. The molecular formula is C10H9N3O3S. The number of rotatable bonds is 3. The minimum absolute atomic E-state index is 0.326. The van der Waals surface area contributed by atoms with Crippen LogP contribution in [-0.4, -0.2) is 29.0 Å². The highest BCUT2D eigenvalue weighted by Gasteiger charge is 2.16. The number of methoxy groups -OCH3 is 1. The molecule has 2 aromatic heterocycles. The fourth-order valence-corrected chi connectivity index (χ4v) is 1.99. The van der Waals surface area contributed by atoms with Gasteiger partial charge in [0.1, 0.15) is 10.6 Å². The summed E-state index contributed by atoms with van der Waals surface area (Å²) in [5, 5.41) is 4.31. The Morgan fingerprint density at radius 3 is 3.00 bits per heavy atom. The molecule has 0 fully saturated rings. The normalized spacial score (nSPS) is 9.94. The molecular weight excluding hydrogens is 242 g/mol. The van der Waals surface area contributed by atoms with E-state index in [0.717, 1.165) is 0 Å². The zero-order valence-corrected chi connectivity index (χ0v) is 9.71. The summed E-state index contributed by atoms with van der Waals surface area (Å²) in [6, 6.07) is 1.64. The van der Waals surface area contributed by atoms with Crippen LogP contribution in [0.5, 0.6) is 0 Å². The number of aromatic amines is 1. The highest BCUT2D eigenvalue weighted by atomic mass is 32.1. The quantitative estimate of drug-likeness (QED) is 0.810. The Kier molecular flexibility index (Phi) is 3.20. The minimum atomic E-state index is -0.472. The number of aromatic nitrogens is 2. The van der Waals surface area contributed by atoms with Crippen molar-refractivity contribution in [2.45, 2.75) is 0 Å². The van der Waals surface area contributed by atoms with Crippen molar-refractivity contribution in [1.29, 1.82) is 0 Å². The van der Waals surface area contributed by atoms with Crippen LogP contribution in [0.1, 0.15) is 20.2 Å². The molecule has 2 heterocycles. The Bertz CT molecular complexity index is 533. The first-order valence-corrected chi connectivity index (χ1v) is 5.56. The fourth-order valence-electron chi connectivity index (χ4n) is 1.23. The summed E-state index contributed by atoms with van der Waals surface area (Å²) < 4.78 is 4.61. The van der Waals surface area contributed by atoms with Gasteiger partial charge in [-0.3, -0.25) is 4.79 Å². The molecule has 0 saturated carbocycles. The van der Waals surface area contributed by atoms with E-state index in [1.165, 1.54) is 31.0 Å². The van der Waals surface area contributed by atoms with Gasteiger partial charge >= 0.3 is 5.97 Å². The molecule has 7 heteroatoms. The smallest absolute Gasteiger partial charge is 0.350 e. The van der Waals surface area contributed by atoms with E-state index >= 15 is 0 Å². The number of carbonyl (C=O) groups excluding carboxylic acids is 2. The molecule has 0 aliphatic heterocycles. The number of nitrogens with one attached hydrogen (secondary N) is 2. The highest BCUT2D eigenvalue weighted by molar-refractivity contribution is 7.12. The summed E-state index contributed by atoms with van der Waals surface area (Å²) in [6.07, 6.45) is 2.81. The maximum atomic E-state index is 11.7. The number of anilines is 1. The van der Waals surface area contributed by atoms with Gasteiger partial charge in [-0.1, -0.05) is 0 Å². The van der Waals surface area contributed by atoms with E-state index in [0.29, 0.717) is 16.3 Å². The van der Waals surface area contributed by atoms with Crippen molar-refractivity contribution < 1.29 is 14.3 Å². The molecule has 0 atom stereocenters. The van der Waals surface area contributed by atoms with Gasteiger partial charge in [-0.05, 0) is 11.4 Å². The van der Waals surface area contributed by atoms with E-state index < -0.39 is 5.97 Å². The second-order valence-corrected chi connectivity index (χ2v) is 3.99. The third-order valence-electron chi connectivity index (χ3n) is 2.03. The molecule has 0 aromatic carbocycles. The molecule has 0 aliphatic rings. The lowest BCUT2D eigenvalue weighted by molar-refractivity contribution is 0.0607. The number of nitrogens with zero attached hydrogens (tertiary/aromatic N) is 1. The number of ether oxygens (including phenoxy) is 1. The predicted octanol–water partition coefficient (Wildman–Crippen LogP) is 1.51. The van der Waals surface area contributed by atoms with Gasteiger partial charge in [0.25, 0.3) is 5.91 Å². The molecule has 17 heavy (non-hydrogen) atoms. The van der Waals surface area contributed by atoms with Gasteiger partial charge in [-0.15, -0.1) is 11.3 Å². The number of esters is 1. The van der Waals surface area contributed by atoms with Crippen LogP contribution in [0.2, 0.25) is 0 Å². The van der Waals surface area contributed by atoms with Crippen LogP contribution < -0.4 is 5.32 Å². The Morgan fingerprint density at radius 2 is 2.35 bits per heavy atom. The van der Waals surface area contributed by atoms with Gasteiger partial charge in [0.05, 0.1) is 25.3 Å². The third-order valence-corrected chi connectivity index (χ3v) is 2.92. The topological polar surface area (TPSA) is 84.1 Å². The lowest BCUT2D eigenvalue weighted by Crippen LogP contribution is -2.14. The second-order valence-electron chi connectivity index (χ2n) is 3.07. The molecule has 0 spiro atoms. The van der Waals surface area contributed by atoms with E-state index in [1.807, 2.05) is 0 Å². The van der Waals surface area contributed by atoms with E-state index in [4.69, 9.17) is 0 Å². The second kappa shape index (κ2) is 4.79. The summed E-state index contributed by atoms with van der Waals surface area (Å²) in [5.74, 6) is -0.828. The molecule has 2 rings (SSSR count). The third kappa shape index (κ3) is 2.34. The fraction of sp³-hybridized carbons (Fsp3) is 0.100. The van der Waals surface area contributed by atoms with Crippen LogP contribution in [0.4, 0.5) is 5.69 Å². The summed E-state index contributed by atoms with van der Waals surface area (Å²) >= 11 is 1.21. The number of carbonyl (C=O) groups is 2. The number of hydrogen-bond donors (Lipinski definition) is 2. The van der Waals surface area contributed by atoms with E-state index in [2.05, 4.69) is 20.0 Å². The molecule has 88 valence electrons. The average Bonchev–Trinajstić information content (AvgIpc) is 2.98. The van der Waals surface area contributed by atoms with Crippen LogP contribution in [0.25, 0.3) is 0 Å². The molecule has 0 aliphatic carbocycles. The van der Waals surface area contributed by atoms with E-state index in [-0.39, 0.29) is 5.91 Å². The highest BCUT2D eigenvalue weighted by Crippen LogP contribution is 2.23. The van der Waals surface area contributed by atoms with Gasteiger partial charge in [0, 0.05) is 0 Å². The van der Waals surface area contributed by atoms with Crippen molar-refractivity contribution >= 4 is 28.9 Å². The first-order chi connectivity index (χ1) is 8.22. The number of imidazole rings is 1. The van der Waals surface area contributed by atoms with Crippen LogP contribution in [0.3, 0.4) is 0 Å². The summed E-state index contributed by atoms with van der Waals surface area (Å²) in [7, 11) is 1.29. The average molecular weight is 251 g/mol. The molecule has 0 bridgehead atoms. The number of hydrogen-bond acceptors (Lipinski definition) is 5. The zero-order valence-electron chi connectivity index (χ0n) is 8.89. The molecule has 0 unspecified atom stereocenters. The molecule has 2 N–H and O–H groups in total. The predicted molar refractivity (Wildman–Crippen MR) is 62.2 cm³/mol. The Labute approximate surface area is 101 Å². The zero-order chi connectivity index (χ0) is 12.3. The first-order valence-electron chi connectivity index (χ1n) is 4.68. The molecule has 2 aromatic rings. The Morgan fingerprint density at radius 1 is 1.53 bits per heavy atom. The lowest BCUT2D eigenvalue weighted by atomic mass is 10.3. The van der Waals surface area contributed by atoms with E-state index in [1.54, 1.807) is 11.4 Å². The van der Waals surface area contributed by atoms with E-state index in [9.17, 15) is 9.59 Å². The monoisotopic (exact) mass is 251 g/mol. The van der Waals surface area contributed by atoms with Crippen LogP contribution in [0, 0.1) is 0 Å². The molecule has 1 amide bonds. The Hall–Kier alpha value is -2.15. The largest absolute Gasteiger partial charge is 0.465 e. The maximum absolute atomic E-state index is 11.7. The van der Waals surface area contributed by atoms with Crippen LogP contribution in [-0.2, 0) is 4.74 Å². The van der Waals surface area contributed by atoms with Crippen molar-refractivity contribution in [1.82, 2.24) is 9.97 Å². The SMILES string of the molecule is COC(=O)c1sccc1NC(=O)c1cnc[nH]1. The first kappa shape index (κ1) is 11.3. The van der Waals surface area contributed by atoms with Gasteiger partial charge < -0.3 is 15.0 Å². The van der Waals surface area contributed by atoms with Crippen molar-refractivity contribution in [2.24, 2.45) is 0 Å². The summed E-state index contributed by atoms with van der Waals surface area (Å²) in [6.45, 7) is 0. The molecule has 0 radical (unpaired) electrons. The van der Waals surface area contributed by atoms with Crippen LogP contribution in [0.15, 0.2) is 24.0 Å². The summed E-state index contributed by atoms with van der Waals surface area (Å²) in [4.78, 5) is 29.9. The van der Waals surface area contributed by atoms with Crippen molar-refractivity contribution in [2.75, 3.05) is 12.4 Å². The maximum Gasteiger partial charge on any atom is 0.350 e. The van der Waals surface area contributed by atoms with Gasteiger partial charge in [0.15, 0.2) is 0 Å². The lowest BCUT2D eigenvalue weighted by Gasteiger charge is -2.03. The molecule has 0 saturated heterocycles. The van der Waals surface area contributed by atoms with Crippen molar-refractivity contribution in [3.8, 4) is 0 Å². The number of H-pyrrole nitrogens is 1. The summed E-state index contributed by atoms with van der Waals surface area (Å²) in [5.41, 5.74) is 0.758. The van der Waals surface area contributed by atoms with Gasteiger partial charge in [-0.2, -0.15) is 0 Å². The van der Waals surface area contributed by atoms with Crippen LogP contribution >= 0.6 is 11.3 Å². The van der Waals surface area contributed by atoms with Gasteiger partial charge in [0.2, 0.25) is 0 Å². The Balaban J connectivity index is 2.17. The standard InChI is InChI=1S/C10H9N3O3S/c1-16-10(15)8-6(2-3-17-8)13-9(14)7-4-11-5-12-7/h2-5H,1H3,(H,11,12)(H,13,14). The van der Waals surface area contributed by atoms with Crippen molar-refractivity contribution in [3.05, 3.63) is 34.5 Å². The van der Waals surface area contributed by atoms with Crippen molar-refractivity contribution in [3.63, 3.8) is 0 Å². The molecule has 6 nitrogen and oxygen atoms in total. The number of thiophene rings is 1.